The normalized spacial score (nSPS) is 38.9. The lowest BCUT2D eigenvalue weighted by Crippen LogP contribution is -2.50. The van der Waals surface area contributed by atoms with E-state index >= 15 is 0 Å². The van der Waals surface area contributed by atoms with E-state index in [1.54, 1.807) is 4.31 Å². The van der Waals surface area contributed by atoms with Gasteiger partial charge in [-0.2, -0.15) is 4.31 Å². The zero-order valence-electron chi connectivity index (χ0n) is 12.6. The van der Waals surface area contributed by atoms with E-state index in [0.29, 0.717) is 13.2 Å². The van der Waals surface area contributed by atoms with Gasteiger partial charge in [0.2, 0.25) is 10.0 Å². The molecule has 1 N–H and O–H groups in total. The van der Waals surface area contributed by atoms with Crippen LogP contribution in [0.1, 0.15) is 51.4 Å². The maximum atomic E-state index is 12.8. The highest BCUT2D eigenvalue weighted by Crippen LogP contribution is 2.36. The van der Waals surface area contributed by atoms with Crippen LogP contribution in [-0.2, 0) is 14.8 Å². The molecule has 0 bridgehead atoms. The molecule has 0 spiro atoms. The number of hydrogen-bond donors (Lipinski definition) is 1. The molecule has 21 heavy (non-hydrogen) atoms. The van der Waals surface area contributed by atoms with Crippen LogP contribution in [0.5, 0.6) is 0 Å². The molecule has 0 aromatic carbocycles. The molecule has 0 radical (unpaired) electrons. The van der Waals surface area contributed by atoms with Gasteiger partial charge < -0.3 is 9.84 Å². The molecule has 4 unspecified atom stereocenters. The number of nitrogens with zero attached hydrogens (tertiary/aromatic N) is 1. The van der Waals surface area contributed by atoms with Crippen molar-refractivity contribution in [2.45, 2.75) is 69.6 Å². The summed E-state index contributed by atoms with van der Waals surface area (Å²) in [7, 11) is -3.28. The van der Waals surface area contributed by atoms with Gasteiger partial charge >= 0.3 is 0 Å². The molecule has 3 rings (SSSR count). The summed E-state index contributed by atoms with van der Waals surface area (Å²) >= 11 is 0. The number of aliphatic hydroxyl groups is 1. The molecule has 3 aliphatic rings. The minimum Gasteiger partial charge on any atom is -0.393 e. The Kier molecular flexibility index (Phi) is 4.88. The van der Waals surface area contributed by atoms with Crippen molar-refractivity contribution >= 4 is 10.0 Å². The van der Waals surface area contributed by atoms with E-state index in [-0.39, 0.29) is 29.9 Å². The van der Waals surface area contributed by atoms with Gasteiger partial charge in [-0.25, -0.2) is 8.42 Å². The zero-order valence-corrected chi connectivity index (χ0v) is 13.4. The maximum absolute atomic E-state index is 12.8. The number of rotatable bonds is 4. The second kappa shape index (κ2) is 6.52. The van der Waals surface area contributed by atoms with Crippen LogP contribution in [0.3, 0.4) is 0 Å². The van der Waals surface area contributed by atoms with Gasteiger partial charge in [-0.1, -0.05) is 12.8 Å². The summed E-state index contributed by atoms with van der Waals surface area (Å²) in [4.78, 5) is 0. The number of ether oxygens (including phenoxy) is 1. The molecule has 0 amide bonds. The zero-order chi connectivity index (χ0) is 14.9. The third-order valence-electron chi connectivity index (χ3n) is 5.30. The van der Waals surface area contributed by atoms with Crippen LogP contribution in [0.2, 0.25) is 0 Å². The molecule has 2 heterocycles. The Hall–Kier alpha value is -0.170. The highest BCUT2D eigenvalue weighted by Gasteiger charge is 2.42. The first-order valence-corrected chi connectivity index (χ1v) is 9.98. The predicted octanol–water partition coefficient (Wildman–Crippen LogP) is 1.51. The van der Waals surface area contributed by atoms with Crippen molar-refractivity contribution < 1.29 is 18.3 Å². The summed E-state index contributed by atoms with van der Waals surface area (Å²) in [5, 5.41) is 10.2. The lowest BCUT2D eigenvalue weighted by atomic mass is 9.89. The molecule has 4 atom stereocenters. The fourth-order valence-corrected chi connectivity index (χ4v) is 6.23. The smallest absolute Gasteiger partial charge is 0.216 e. The summed E-state index contributed by atoms with van der Waals surface area (Å²) in [6.07, 6.45) is 7.05. The topological polar surface area (TPSA) is 66.8 Å². The summed E-state index contributed by atoms with van der Waals surface area (Å²) in [6.45, 7) is 1.30. The molecule has 122 valence electrons. The van der Waals surface area contributed by atoms with Crippen LogP contribution >= 0.6 is 0 Å². The van der Waals surface area contributed by atoms with Crippen LogP contribution in [0.25, 0.3) is 0 Å². The molecule has 0 aromatic rings. The molecule has 2 aliphatic heterocycles. The van der Waals surface area contributed by atoms with Crippen molar-refractivity contribution in [2.24, 2.45) is 5.92 Å². The lowest BCUT2D eigenvalue weighted by Gasteiger charge is -2.39. The van der Waals surface area contributed by atoms with Crippen LogP contribution < -0.4 is 0 Å². The second-order valence-corrected chi connectivity index (χ2v) is 8.72. The standard InChI is InChI=1S/C15H27NO4S/c17-15-8-3-6-13(15)14-7-1-2-9-16(14)21(18,19)11-12-5-4-10-20-12/h12-15,17H,1-11H2. The van der Waals surface area contributed by atoms with Gasteiger partial charge in [0, 0.05) is 25.1 Å². The summed E-state index contributed by atoms with van der Waals surface area (Å²) < 4.78 is 32.8. The van der Waals surface area contributed by atoms with Gasteiger partial charge in [-0.3, -0.25) is 0 Å². The van der Waals surface area contributed by atoms with E-state index < -0.39 is 10.0 Å². The highest BCUT2D eigenvalue weighted by atomic mass is 32.2. The van der Waals surface area contributed by atoms with E-state index in [2.05, 4.69) is 0 Å². The molecule has 2 saturated heterocycles. The summed E-state index contributed by atoms with van der Waals surface area (Å²) in [5.74, 6) is 0.247. The Bertz CT molecular complexity index is 447. The third kappa shape index (κ3) is 3.44. The highest BCUT2D eigenvalue weighted by molar-refractivity contribution is 7.89. The van der Waals surface area contributed by atoms with Crippen molar-refractivity contribution in [1.29, 1.82) is 0 Å². The van der Waals surface area contributed by atoms with E-state index in [4.69, 9.17) is 4.74 Å². The molecular formula is C15H27NO4S. The van der Waals surface area contributed by atoms with Crippen LogP contribution in [0, 0.1) is 5.92 Å². The molecule has 1 aliphatic carbocycles. The Morgan fingerprint density at radius 2 is 1.90 bits per heavy atom. The fraction of sp³-hybridized carbons (Fsp3) is 1.00. The largest absolute Gasteiger partial charge is 0.393 e. The molecule has 5 nitrogen and oxygen atoms in total. The maximum Gasteiger partial charge on any atom is 0.216 e. The first-order valence-electron chi connectivity index (χ1n) is 8.37. The van der Waals surface area contributed by atoms with Crippen LogP contribution in [-0.4, -0.2) is 55.0 Å². The SMILES string of the molecule is O=S(=O)(CC1CCCO1)N1CCCCC1C1CCCC1O. The number of piperidine rings is 1. The second-order valence-electron chi connectivity index (χ2n) is 6.75. The lowest BCUT2D eigenvalue weighted by molar-refractivity contribution is 0.0711. The molecule has 3 fully saturated rings. The first kappa shape index (κ1) is 15.7. The minimum atomic E-state index is -3.28. The average Bonchev–Trinajstić information content (AvgIpc) is 3.10. The average molecular weight is 317 g/mol. The van der Waals surface area contributed by atoms with Gasteiger partial charge in [0.25, 0.3) is 0 Å². The van der Waals surface area contributed by atoms with Gasteiger partial charge in [0.05, 0.1) is 18.0 Å². The molecular weight excluding hydrogens is 290 g/mol. The monoisotopic (exact) mass is 317 g/mol. The van der Waals surface area contributed by atoms with Crippen LogP contribution in [0.4, 0.5) is 0 Å². The Morgan fingerprint density at radius 3 is 2.57 bits per heavy atom. The van der Waals surface area contributed by atoms with E-state index in [1.807, 2.05) is 0 Å². The summed E-state index contributed by atoms with van der Waals surface area (Å²) in [6, 6.07) is 0.00246. The Balaban J connectivity index is 1.73. The van der Waals surface area contributed by atoms with Crippen molar-refractivity contribution in [2.75, 3.05) is 18.9 Å². The Labute approximate surface area is 127 Å². The van der Waals surface area contributed by atoms with Crippen molar-refractivity contribution in [3.63, 3.8) is 0 Å². The van der Waals surface area contributed by atoms with Crippen molar-refractivity contribution in [1.82, 2.24) is 4.31 Å². The van der Waals surface area contributed by atoms with Gasteiger partial charge in [0.15, 0.2) is 0 Å². The van der Waals surface area contributed by atoms with Gasteiger partial charge in [0.1, 0.15) is 0 Å². The third-order valence-corrected chi connectivity index (χ3v) is 7.26. The van der Waals surface area contributed by atoms with E-state index in [0.717, 1.165) is 51.4 Å². The molecule has 0 aromatic heterocycles. The molecule has 1 saturated carbocycles. The number of hydrogen-bond acceptors (Lipinski definition) is 4. The van der Waals surface area contributed by atoms with Crippen molar-refractivity contribution in [3.8, 4) is 0 Å². The van der Waals surface area contributed by atoms with Crippen molar-refractivity contribution in [3.05, 3.63) is 0 Å². The van der Waals surface area contributed by atoms with Gasteiger partial charge in [-0.15, -0.1) is 0 Å². The van der Waals surface area contributed by atoms with E-state index in [9.17, 15) is 13.5 Å². The first-order chi connectivity index (χ1) is 10.1. The van der Waals surface area contributed by atoms with Gasteiger partial charge in [-0.05, 0) is 38.5 Å². The van der Waals surface area contributed by atoms with E-state index in [1.165, 1.54) is 0 Å². The molecule has 6 heteroatoms. The van der Waals surface area contributed by atoms with Crippen LogP contribution in [0.15, 0.2) is 0 Å². The predicted molar refractivity (Wildman–Crippen MR) is 80.5 cm³/mol. The number of aliphatic hydroxyl groups excluding tert-OH is 1. The number of sulfonamides is 1. The minimum absolute atomic E-state index is 0.00246. The Morgan fingerprint density at radius 1 is 1.05 bits per heavy atom. The fourth-order valence-electron chi connectivity index (χ4n) is 4.23. The quantitative estimate of drug-likeness (QED) is 0.853. The summed E-state index contributed by atoms with van der Waals surface area (Å²) in [5.41, 5.74) is 0.